The average molecular weight is 246 g/mol. The molecule has 0 saturated carbocycles. The third-order valence-electron chi connectivity index (χ3n) is 3.59. The van der Waals surface area contributed by atoms with E-state index < -0.39 is 0 Å². The summed E-state index contributed by atoms with van der Waals surface area (Å²) in [6.07, 6.45) is 5.77. The molecule has 0 aliphatic carbocycles. The van der Waals surface area contributed by atoms with Gasteiger partial charge in [0.2, 0.25) is 0 Å². The molecule has 1 saturated heterocycles. The summed E-state index contributed by atoms with van der Waals surface area (Å²) in [5.74, 6) is 0. The van der Waals surface area contributed by atoms with E-state index in [1.54, 1.807) is 7.11 Å². The third-order valence-corrected chi connectivity index (χ3v) is 3.59. The zero-order valence-corrected chi connectivity index (χ0v) is 10.8. The van der Waals surface area contributed by atoms with Gasteiger partial charge >= 0.3 is 6.01 Å². The Bertz CT molecular complexity index is 557. The molecule has 1 fully saturated rings. The summed E-state index contributed by atoms with van der Waals surface area (Å²) >= 11 is 0. The summed E-state index contributed by atoms with van der Waals surface area (Å²) < 4.78 is 5.10. The highest BCUT2D eigenvalue weighted by atomic mass is 16.5. The number of methoxy groups -OCH3 is 1. The Kier molecular flexibility index (Phi) is 2.91. The Morgan fingerprint density at radius 3 is 2.94 bits per heavy atom. The van der Waals surface area contributed by atoms with E-state index in [1.165, 1.54) is 24.8 Å². The van der Waals surface area contributed by atoms with Gasteiger partial charge in [-0.2, -0.15) is 9.97 Å². The van der Waals surface area contributed by atoms with E-state index in [0.717, 1.165) is 23.3 Å². The molecule has 0 aromatic carbocycles. The van der Waals surface area contributed by atoms with Crippen molar-refractivity contribution < 1.29 is 4.74 Å². The molecular weight excluding hydrogens is 228 g/mol. The van der Waals surface area contributed by atoms with Crippen LogP contribution in [-0.2, 0) is 0 Å². The number of nitrogens with one attached hydrogen (secondary N) is 2. The van der Waals surface area contributed by atoms with Crippen molar-refractivity contribution in [2.75, 3.05) is 13.7 Å². The van der Waals surface area contributed by atoms with Gasteiger partial charge in [-0.25, -0.2) is 0 Å². The van der Waals surface area contributed by atoms with E-state index in [2.05, 4.69) is 26.5 Å². The molecule has 5 nitrogen and oxygen atoms in total. The highest BCUT2D eigenvalue weighted by Crippen LogP contribution is 2.30. The van der Waals surface area contributed by atoms with Crippen LogP contribution in [0.2, 0.25) is 0 Å². The lowest BCUT2D eigenvalue weighted by Gasteiger charge is -2.23. The van der Waals surface area contributed by atoms with E-state index in [1.807, 2.05) is 6.92 Å². The number of hydrogen-bond donors (Lipinski definition) is 2. The summed E-state index contributed by atoms with van der Waals surface area (Å²) in [4.78, 5) is 11.9. The fourth-order valence-corrected chi connectivity index (χ4v) is 2.70. The predicted molar refractivity (Wildman–Crippen MR) is 69.8 cm³/mol. The first-order chi connectivity index (χ1) is 8.79. The molecule has 3 heterocycles. The minimum Gasteiger partial charge on any atom is -0.467 e. The lowest BCUT2D eigenvalue weighted by atomic mass is 9.97. The maximum absolute atomic E-state index is 5.10. The quantitative estimate of drug-likeness (QED) is 0.851. The van der Waals surface area contributed by atoms with Gasteiger partial charge in [-0.3, -0.25) is 0 Å². The van der Waals surface area contributed by atoms with Crippen molar-refractivity contribution in [3.63, 3.8) is 0 Å². The molecule has 2 aromatic rings. The Morgan fingerprint density at radius 2 is 2.22 bits per heavy atom. The summed E-state index contributed by atoms with van der Waals surface area (Å²) in [7, 11) is 1.59. The van der Waals surface area contributed by atoms with E-state index >= 15 is 0 Å². The Morgan fingerprint density at radius 1 is 1.33 bits per heavy atom. The van der Waals surface area contributed by atoms with Gasteiger partial charge in [0.05, 0.1) is 12.8 Å². The fraction of sp³-hybridized carbons (Fsp3) is 0.538. The Labute approximate surface area is 106 Å². The molecule has 1 unspecified atom stereocenters. The first kappa shape index (κ1) is 11.5. The zero-order chi connectivity index (χ0) is 12.5. The summed E-state index contributed by atoms with van der Waals surface area (Å²) in [5.41, 5.74) is 3.12. The SMILES string of the molecule is COc1nc(C)c2c(C3CCCCN3)c[nH]c2n1. The van der Waals surface area contributed by atoms with E-state index in [0.29, 0.717) is 12.1 Å². The monoisotopic (exact) mass is 246 g/mol. The maximum Gasteiger partial charge on any atom is 0.318 e. The number of H-pyrrole nitrogens is 1. The van der Waals surface area contributed by atoms with Gasteiger partial charge < -0.3 is 15.0 Å². The number of nitrogens with zero attached hydrogens (tertiary/aromatic N) is 2. The molecule has 3 rings (SSSR count). The van der Waals surface area contributed by atoms with Crippen molar-refractivity contribution in [3.05, 3.63) is 17.5 Å². The molecule has 18 heavy (non-hydrogen) atoms. The Balaban J connectivity index is 2.07. The maximum atomic E-state index is 5.10. The largest absolute Gasteiger partial charge is 0.467 e. The van der Waals surface area contributed by atoms with Crippen LogP contribution < -0.4 is 10.1 Å². The van der Waals surface area contributed by atoms with Gasteiger partial charge in [0.15, 0.2) is 0 Å². The van der Waals surface area contributed by atoms with Gasteiger partial charge in [0.1, 0.15) is 5.65 Å². The molecule has 96 valence electrons. The van der Waals surface area contributed by atoms with Crippen molar-refractivity contribution in [3.8, 4) is 6.01 Å². The van der Waals surface area contributed by atoms with Gasteiger partial charge in [-0.15, -0.1) is 0 Å². The second-order valence-electron chi connectivity index (χ2n) is 4.77. The molecule has 0 spiro atoms. The molecule has 0 radical (unpaired) electrons. The van der Waals surface area contributed by atoms with Crippen molar-refractivity contribution in [2.24, 2.45) is 0 Å². The van der Waals surface area contributed by atoms with Crippen LogP contribution in [0.5, 0.6) is 6.01 Å². The van der Waals surface area contributed by atoms with E-state index in [9.17, 15) is 0 Å². The van der Waals surface area contributed by atoms with Crippen LogP contribution in [0.3, 0.4) is 0 Å². The van der Waals surface area contributed by atoms with Gasteiger partial charge in [0, 0.05) is 17.6 Å². The molecule has 2 aromatic heterocycles. The van der Waals surface area contributed by atoms with Crippen LogP contribution in [0, 0.1) is 6.92 Å². The second-order valence-corrected chi connectivity index (χ2v) is 4.77. The van der Waals surface area contributed by atoms with Gasteiger partial charge in [-0.1, -0.05) is 6.42 Å². The lowest BCUT2D eigenvalue weighted by molar-refractivity contribution is 0.380. The molecule has 1 aliphatic heterocycles. The second kappa shape index (κ2) is 4.57. The highest BCUT2D eigenvalue weighted by Gasteiger charge is 2.20. The summed E-state index contributed by atoms with van der Waals surface area (Å²) in [6.45, 7) is 3.10. The molecule has 2 N–H and O–H groups in total. The number of ether oxygens (including phenoxy) is 1. The summed E-state index contributed by atoms with van der Waals surface area (Å²) in [6, 6.07) is 0.841. The third kappa shape index (κ3) is 1.84. The number of fused-ring (bicyclic) bond motifs is 1. The highest BCUT2D eigenvalue weighted by molar-refractivity contribution is 5.83. The van der Waals surface area contributed by atoms with E-state index in [4.69, 9.17) is 4.74 Å². The molecule has 5 heteroatoms. The zero-order valence-electron chi connectivity index (χ0n) is 10.8. The lowest BCUT2D eigenvalue weighted by Crippen LogP contribution is -2.26. The van der Waals surface area contributed by atoms with Crippen molar-refractivity contribution in [2.45, 2.75) is 32.2 Å². The Hall–Kier alpha value is -1.62. The number of aryl methyl sites for hydroxylation is 1. The minimum atomic E-state index is 0.420. The number of rotatable bonds is 2. The van der Waals surface area contributed by atoms with Crippen molar-refractivity contribution in [1.29, 1.82) is 0 Å². The van der Waals surface area contributed by atoms with Crippen LogP contribution >= 0.6 is 0 Å². The topological polar surface area (TPSA) is 62.8 Å². The smallest absolute Gasteiger partial charge is 0.318 e. The minimum absolute atomic E-state index is 0.420. The van der Waals surface area contributed by atoms with Crippen LogP contribution in [0.15, 0.2) is 6.20 Å². The van der Waals surface area contributed by atoms with E-state index in [-0.39, 0.29) is 0 Å². The molecule has 1 aliphatic rings. The molecular formula is C13H18N4O. The van der Waals surface area contributed by atoms with Crippen molar-refractivity contribution >= 4 is 11.0 Å². The summed E-state index contributed by atoms with van der Waals surface area (Å²) in [5, 5.41) is 4.70. The van der Waals surface area contributed by atoms with Crippen LogP contribution in [0.4, 0.5) is 0 Å². The fourth-order valence-electron chi connectivity index (χ4n) is 2.70. The first-order valence-corrected chi connectivity index (χ1v) is 6.42. The van der Waals surface area contributed by atoms with Gasteiger partial charge in [-0.05, 0) is 31.9 Å². The first-order valence-electron chi connectivity index (χ1n) is 6.42. The number of aromatic amines is 1. The molecule has 0 bridgehead atoms. The van der Waals surface area contributed by atoms with Gasteiger partial charge in [0.25, 0.3) is 0 Å². The van der Waals surface area contributed by atoms with Crippen LogP contribution in [-0.4, -0.2) is 28.6 Å². The number of hydrogen-bond acceptors (Lipinski definition) is 4. The number of aromatic nitrogens is 3. The normalized spacial score (nSPS) is 20.2. The van der Waals surface area contributed by atoms with Crippen LogP contribution in [0.1, 0.15) is 36.6 Å². The average Bonchev–Trinajstić information content (AvgIpc) is 2.84. The molecule has 1 atom stereocenters. The van der Waals surface area contributed by atoms with Crippen molar-refractivity contribution in [1.82, 2.24) is 20.3 Å². The molecule has 0 amide bonds. The standard InChI is InChI=1S/C13H18N4O/c1-8-11-9(10-5-3-4-6-14-10)7-15-12(11)17-13(16-8)18-2/h7,10,14H,3-6H2,1-2H3,(H,15,16,17). The van der Waals surface area contributed by atoms with Crippen LogP contribution in [0.25, 0.3) is 11.0 Å². The number of piperidine rings is 1. The predicted octanol–water partition coefficient (Wildman–Crippen LogP) is 2.09.